The summed E-state index contributed by atoms with van der Waals surface area (Å²) in [5, 5.41) is 10.7. The van der Waals surface area contributed by atoms with Gasteiger partial charge in [0, 0.05) is 6.07 Å². The van der Waals surface area contributed by atoms with E-state index in [1.165, 1.54) is 19.2 Å². The minimum absolute atomic E-state index is 0.0442. The van der Waals surface area contributed by atoms with Crippen LogP contribution in [0, 0.1) is 10.1 Å². The number of hydrogen-bond donors (Lipinski definition) is 0. The van der Waals surface area contributed by atoms with E-state index in [-0.39, 0.29) is 17.9 Å². The highest BCUT2D eigenvalue weighted by Crippen LogP contribution is 2.27. The van der Waals surface area contributed by atoms with Crippen LogP contribution in [0.3, 0.4) is 0 Å². The molecule has 0 fully saturated rings. The average Bonchev–Trinajstić information content (AvgIpc) is 2.29. The first kappa shape index (κ1) is 13.0. The zero-order chi connectivity index (χ0) is 12.8. The lowest BCUT2D eigenvalue weighted by Gasteiger charge is -2.13. The molecule has 0 radical (unpaired) electrons. The third-order valence-electron chi connectivity index (χ3n) is 2.07. The number of para-hydroxylation sites is 2. The standard InChI is InChI=1S/C11H13NO5/c1-8(7-11(13)16-2)17-10-6-4-3-5-9(10)12(14)15/h3-6,8H,7H2,1-2H3. The van der Waals surface area contributed by atoms with Gasteiger partial charge >= 0.3 is 11.7 Å². The summed E-state index contributed by atoms with van der Waals surface area (Å²) in [6.07, 6.45) is -0.439. The van der Waals surface area contributed by atoms with E-state index in [1.54, 1.807) is 19.1 Å². The van der Waals surface area contributed by atoms with Gasteiger partial charge in [0.05, 0.1) is 18.5 Å². The van der Waals surface area contributed by atoms with E-state index in [4.69, 9.17) is 4.74 Å². The number of nitro benzene ring substituents is 1. The molecule has 6 heteroatoms. The second-order valence-corrected chi connectivity index (χ2v) is 3.43. The van der Waals surface area contributed by atoms with Crippen molar-refractivity contribution >= 4 is 11.7 Å². The Labute approximate surface area is 98.3 Å². The molecule has 92 valence electrons. The number of hydrogen-bond acceptors (Lipinski definition) is 5. The van der Waals surface area contributed by atoms with Crippen LogP contribution in [0.5, 0.6) is 5.75 Å². The molecule has 6 nitrogen and oxygen atoms in total. The summed E-state index contributed by atoms with van der Waals surface area (Å²) in [6.45, 7) is 1.65. The van der Waals surface area contributed by atoms with Crippen molar-refractivity contribution in [2.45, 2.75) is 19.4 Å². The zero-order valence-corrected chi connectivity index (χ0v) is 9.58. The number of carbonyl (C=O) groups is 1. The van der Waals surface area contributed by atoms with Crippen LogP contribution in [0.4, 0.5) is 5.69 Å². The van der Waals surface area contributed by atoms with Crippen molar-refractivity contribution in [3.63, 3.8) is 0 Å². The first-order chi connectivity index (χ1) is 8.04. The number of nitro groups is 1. The van der Waals surface area contributed by atoms with Gasteiger partial charge in [-0.05, 0) is 13.0 Å². The fourth-order valence-corrected chi connectivity index (χ4v) is 1.28. The van der Waals surface area contributed by atoms with Crippen molar-refractivity contribution in [2.24, 2.45) is 0 Å². The summed E-state index contributed by atoms with van der Waals surface area (Å²) < 4.78 is 9.82. The lowest BCUT2D eigenvalue weighted by molar-refractivity contribution is -0.386. The van der Waals surface area contributed by atoms with Gasteiger partial charge in [-0.2, -0.15) is 0 Å². The van der Waals surface area contributed by atoms with Gasteiger partial charge in [0.1, 0.15) is 6.10 Å². The Morgan fingerprint density at radius 1 is 1.47 bits per heavy atom. The fraction of sp³-hybridized carbons (Fsp3) is 0.364. The molecule has 0 aromatic heterocycles. The van der Waals surface area contributed by atoms with Crippen molar-refractivity contribution < 1.29 is 19.2 Å². The first-order valence-electron chi connectivity index (χ1n) is 5.01. The minimum atomic E-state index is -0.528. The van der Waals surface area contributed by atoms with Crippen LogP contribution < -0.4 is 4.74 Å². The molecule has 0 saturated heterocycles. The molecule has 0 aliphatic rings. The number of esters is 1. The van der Waals surface area contributed by atoms with Crippen molar-refractivity contribution in [3.8, 4) is 5.75 Å². The molecule has 1 rings (SSSR count). The van der Waals surface area contributed by atoms with Gasteiger partial charge in [-0.15, -0.1) is 0 Å². The molecule has 0 heterocycles. The van der Waals surface area contributed by atoms with E-state index in [0.29, 0.717) is 0 Å². The topological polar surface area (TPSA) is 78.7 Å². The van der Waals surface area contributed by atoms with Gasteiger partial charge in [-0.3, -0.25) is 14.9 Å². The van der Waals surface area contributed by atoms with Crippen LogP contribution in [0.1, 0.15) is 13.3 Å². The Bertz CT molecular complexity index is 418. The highest BCUT2D eigenvalue weighted by Gasteiger charge is 2.17. The molecule has 0 spiro atoms. The van der Waals surface area contributed by atoms with Gasteiger partial charge in [-0.1, -0.05) is 12.1 Å². The molecule has 1 aromatic rings. The SMILES string of the molecule is COC(=O)CC(C)Oc1ccccc1[N+](=O)[O-]. The van der Waals surface area contributed by atoms with Crippen molar-refractivity contribution in [2.75, 3.05) is 7.11 Å². The van der Waals surface area contributed by atoms with Crippen LogP contribution in [0.15, 0.2) is 24.3 Å². The molecule has 0 bridgehead atoms. The Kier molecular flexibility index (Phi) is 4.45. The van der Waals surface area contributed by atoms with Crippen LogP contribution in [0.2, 0.25) is 0 Å². The van der Waals surface area contributed by atoms with E-state index in [2.05, 4.69) is 4.74 Å². The normalized spacial score (nSPS) is 11.6. The molecule has 0 aliphatic carbocycles. The largest absolute Gasteiger partial charge is 0.483 e. The van der Waals surface area contributed by atoms with Crippen LogP contribution in [0.25, 0.3) is 0 Å². The molecule has 0 amide bonds. The molecule has 0 N–H and O–H groups in total. The summed E-state index contributed by atoms with van der Waals surface area (Å²) >= 11 is 0. The lowest BCUT2D eigenvalue weighted by atomic mass is 10.2. The second-order valence-electron chi connectivity index (χ2n) is 3.43. The lowest BCUT2D eigenvalue weighted by Crippen LogP contribution is -2.18. The first-order valence-corrected chi connectivity index (χ1v) is 5.01. The molecule has 1 unspecified atom stereocenters. The van der Waals surface area contributed by atoms with Crippen LogP contribution in [-0.4, -0.2) is 24.1 Å². The smallest absolute Gasteiger partial charge is 0.310 e. The Balaban J connectivity index is 2.74. The monoisotopic (exact) mass is 239 g/mol. The predicted molar refractivity (Wildman–Crippen MR) is 59.8 cm³/mol. The molecular weight excluding hydrogens is 226 g/mol. The van der Waals surface area contributed by atoms with Gasteiger partial charge in [0.15, 0.2) is 5.75 Å². The molecular formula is C11H13NO5. The number of ether oxygens (including phenoxy) is 2. The maximum atomic E-state index is 11.0. The van der Waals surface area contributed by atoms with E-state index < -0.39 is 17.0 Å². The molecule has 17 heavy (non-hydrogen) atoms. The third-order valence-corrected chi connectivity index (χ3v) is 2.07. The highest BCUT2D eigenvalue weighted by atomic mass is 16.6. The van der Waals surface area contributed by atoms with Gasteiger partial charge in [-0.25, -0.2) is 0 Å². The summed E-state index contributed by atoms with van der Waals surface area (Å²) in [4.78, 5) is 21.2. The van der Waals surface area contributed by atoms with E-state index >= 15 is 0 Å². The number of rotatable bonds is 5. The van der Waals surface area contributed by atoms with Gasteiger partial charge < -0.3 is 9.47 Å². The van der Waals surface area contributed by atoms with Gasteiger partial charge in [0.2, 0.25) is 0 Å². The minimum Gasteiger partial charge on any atom is -0.483 e. The van der Waals surface area contributed by atoms with E-state index in [1.807, 2.05) is 0 Å². The third kappa shape index (κ3) is 3.75. The van der Waals surface area contributed by atoms with Crippen molar-refractivity contribution in [1.82, 2.24) is 0 Å². The summed E-state index contributed by atoms with van der Waals surface area (Å²) in [5.74, 6) is -0.273. The maximum absolute atomic E-state index is 11.0. The van der Waals surface area contributed by atoms with E-state index in [9.17, 15) is 14.9 Å². The number of benzene rings is 1. The number of nitrogens with zero attached hydrogens (tertiary/aromatic N) is 1. The second kappa shape index (κ2) is 5.83. The molecule has 0 aliphatic heterocycles. The molecule has 1 aromatic carbocycles. The Morgan fingerprint density at radius 3 is 2.71 bits per heavy atom. The summed E-state index contributed by atoms with van der Waals surface area (Å²) in [6, 6.07) is 6.02. The van der Waals surface area contributed by atoms with Crippen molar-refractivity contribution in [3.05, 3.63) is 34.4 Å². The molecule has 1 atom stereocenters. The number of carbonyl (C=O) groups excluding carboxylic acids is 1. The highest BCUT2D eigenvalue weighted by molar-refractivity contribution is 5.69. The Morgan fingerprint density at radius 2 is 2.12 bits per heavy atom. The van der Waals surface area contributed by atoms with E-state index in [0.717, 1.165) is 0 Å². The quantitative estimate of drug-likeness (QED) is 0.445. The van der Waals surface area contributed by atoms with Gasteiger partial charge in [0.25, 0.3) is 0 Å². The number of methoxy groups -OCH3 is 1. The van der Waals surface area contributed by atoms with Crippen LogP contribution >= 0.6 is 0 Å². The Hall–Kier alpha value is -2.11. The summed E-state index contributed by atoms with van der Waals surface area (Å²) in [5.41, 5.74) is -0.121. The predicted octanol–water partition coefficient (Wildman–Crippen LogP) is 1.93. The van der Waals surface area contributed by atoms with Crippen molar-refractivity contribution in [1.29, 1.82) is 0 Å². The molecule has 0 saturated carbocycles. The maximum Gasteiger partial charge on any atom is 0.310 e. The zero-order valence-electron chi connectivity index (χ0n) is 9.58. The van der Waals surface area contributed by atoms with Crippen LogP contribution in [-0.2, 0) is 9.53 Å². The fourth-order valence-electron chi connectivity index (χ4n) is 1.28. The summed E-state index contributed by atoms with van der Waals surface area (Å²) in [7, 11) is 1.28. The average molecular weight is 239 g/mol.